The monoisotopic (exact) mass is 480 g/mol. The van der Waals surface area contributed by atoms with Gasteiger partial charge in [-0.1, -0.05) is 29.4 Å². The molecule has 0 amide bonds. The molecule has 0 bridgehead atoms. The van der Waals surface area contributed by atoms with Crippen molar-refractivity contribution in [1.29, 1.82) is 0 Å². The van der Waals surface area contributed by atoms with Crippen LogP contribution in [0.3, 0.4) is 0 Å². The van der Waals surface area contributed by atoms with Crippen molar-refractivity contribution in [3.8, 4) is 11.4 Å². The number of halogens is 5. The first-order chi connectivity index (χ1) is 15.5. The number of hydrogen-bond acceptors (Lipinski definition) is 7. The summed E-state index contributed by atoms with van der Waals surface area (Å²) in [5.74, 6) is -2.80. The van der Waals surface area contributed by atoms with E-state index in [9.17, 15) is 27.2 Å². The predicted molar refractivity (Wildman–Crippen MR) is 113 cm³/mol. The SMILES string of the molecule is CN(Cc1ccc(-c2noc(C(F)(F)Cl)n2)cc1)c1c(Nc2ccc(F)cc2F)c(=O)c1=O. The summed E-state index contributed by atoms with van der Waals surface area (Å²) in [6, 6.07) is 9.17. The smallest absolute Gasteiger partial charge is 0.365 e. The highest BCUT2D eigenvalue weighted by molar-refractivity contribution is 6.21. The van der Waals surface area contributed by atoms with E-state index >= 15 is 0 Å². The average molecular weight is 481 g/mol. The molecule has 0 radical (unpaired) electrons. The molecular formula is C21H13ClF4N4O3. The standard InChI is InChI=1S/C21H13ClF4N4O3/c1-30(16-15(17(31)18(16)32)27-14-7-6-12(23)8-13(14)24)9-10-2-4-11(5-3-10)19-28-20(33-29-19)21(22,25)26/h2-8,27H,9H2,1H3. The van der Waals surface area contributed by atoms with Gasteiger partial charge in [0.25, 0.3) is 10.9 Å². The lowest BCUT2D eigenvalue weighted by molar-refractivity contribution is 0.0551. The second kappa shape index (κ2) is 8.32. The van der Waals surface area contributed by atoms with E-state index < -0.39 is 33.8 Å². The fourth-order valence-corrected chi connectivity index (χ4v) is 3.23. The van der Waals surface area contributed by atoms with Crippen LogP contribution in [0.2, 0.25) is 0 Å². The molecule has 1 N–H and O–H groups in total. The number of nitrogens with zero attached hydrogens (tertiary/aromatic N) is 3. The van der Waals surface area contributed by atoms with E-state index in [0.29, 0.717) is 17.2 Å². The molecule has 4 aromatic rings. The van der Waals surface area contributed by atoms with Gasteiger partial charge in [0.2, 0.25) is 5.82 Å². The van der Waals surface area contributed by atoms with Gasteiger partial charge in [-0.3, -0.25) is 9.59 Å². The zero-order chi connectivity index (χ0) is 23.9. The summed E-state index contributed by atoms with van der Waals surface area (Å²) < 4.78 is 57.5. The number of alkyl halides is 3. The summed E-state index contributed by atoms with van der Waals surface area (Å²) >= 11 is 4.86. The van der Waals surface area contributed by atoms with Gasteiger partial charge >= 0.3 is 11.3 Å². The van der Waals surface area contributed by atoms with E-state index in [0.717, 1.165) is 12.1 Å². The Morgan fingerprint density at radius 1 is 1.09 bits per heavy atom. The Balaban J connectivity index is 1.50. The van der Waals surface area contributed by atoms with Crippen LogP contribution in [0.4, 0.5) is 34.6 Å². The van der Waals surface area contributed by atoms with Gasteiger partial charge in [0.15, 0.2) is 0 Å². The normalized spacial score (nSPS) is 11.7. The van der Waals surface area contributed by atoms with Crippen molar-refractivity contribution >= 4 is 28.7 Å². The maximum Gasteiger partial charge on any atom is 0.400 e. The number of benzene rings is 2. The molecule has 0 atom stereocenters. The second-order valence-electron chi connectivity index (χ2n) is 7.10. The molecule has 0 unspecified atom stereocenters. The molecule has 0 saturated carbocycles. The number of aromatic nitrogens is 2. The lowest BCUT2D eigenvalue weighted by Gasteiger charge is -2.24. The van der Waals surface area contributed by atoms with Gasteiger partial charge in [0.1, 0.15) is 23.0 Å². The zero-order valence-corrected chi connectivity index (χ0v) is 17.5. The maximum atomic E-state index is 13.9. The van der Waals surface area contributed by atoms with E-state index in [1.54, 1.807) is 31.3 Å². The van der Waals surface area contributed by atoms with E-state index in [1.807, 2.05) is 0 Å². The first-order valence-corrected chi connectivity index (χ1v) is 9.69. The topological polar surface area (TPSA) is 88.3 Å². The largest absolute Gasteiger partial charge is 0.400 e. The Bertz CT molecular complexity index is 1390. The highest BCUT2D eigenvalue weighted by atomic mass is 35.5. The quantitative estimate of drug-likeness (QED) is 0.240. The Kier molecular flexibility index (Phi) is 5.66. The van der Waals surface area contributed by atoms with Crippen molar-refractivity contribution < 1.29 is 22.1 Å². The van der Waals surface area contributed by atoms with Gasteiger partial charge in [-0.05, 0) is 29.3 Å². The van der Waals surface area contributed by atoms with Gasteiger partial charge in [0, 0.05) is 25.2 Å². The summed E-state index contributed by atoms with van der Waals surface area (Å²) in [6.45, 7) is 0.183. The van der Waals surface area contributed by atoms with Gasteiger partial charge in [0.05, 0.1) is 5.69 Å². The van der Waals surface area contributed by atoms with Crippen LogP contribution in [0, 0.1) is 11.6 Å². The molecular weight excluding hydrogens is 468 g/mol. The fraction of sp³-hybridized carbons (Fsp3) is 0.143. The number of nitrogens with one attached hydrogen (secondary N) is 1. The fourth-order valence-electron chi connectivity index (χ4n) is 3.15. The van der Waals surface area contributed by atoms with Crippen molar-refractivity contribution in [3.63, 3.8) is 0 Å². The average Bonchev–Trinajstić information content (AvgIpc) is 3.26. The van der Waals surface area contributed by atoms with Gasteiger partial charge in [-0.15, -0.1) is 0 Å². The summed E-state index contributed by atoms with van der Waals surface area (Å²) in [5.41, 5.74) is -0.698. The molecule has 0 saturated heterocycles. The van der Waals surface area contributed by atoms with Crippen molar-refractivity contribution in [3.05, 3.63) is 86.0 Å². The molecule has 0 spiro atoms. The van der Waals surface area contributed by atoms with Crippen LogP contribution in [0.25, 0.3) is 11.4 Å². The lowest BCUT2D eigenvalue weighted by Crippen LogP contribution is -2.40. The van der Waals surface area contributed by atoms with Crippen LogP contribution >= 0.6 is 11.6 Å². The molecule has 4 rings (SSSR count). The predicted octanol–water partition coefficient (Wildman–Crippen LogP) is 4.28. The van der Waals surface area contributed by atoms with Gasteiger partial charge in [-0.25, -0.2) is 8.78 Å². The van der Waals surface area contributed by atoms with Crippen LogP contribution in [0.1, 0.15) is 11.5 Å². The third-order valence-corrected chi connectivity index (χ3v) is 4.92. The van der Waals surface area contributed by atoms with Gasteiger partial charge in [-0.2, -0.15) is 13.8 Å². The summed E-state index contributed by atoms with van der Waals surface area (Å²) in [5, 5.41) is 2.22. The molecule has 170 valence electrons. The minimum absolute atomic E-state index is 0.0416. The van der Waals surface area contributed by atoms with Crippen LogP contribution in [0.15, 0.2) is 56.6 Å². The van der Waals surface area contributed by atoms with Crippen molar-refractivity contribution in [2.75, 3.05) is 17.3 Å². The molecule has 1 heterocycles. The first kappa shape index (κ1) is 22.5. The van der Waals surface area contributed by atoms with Crippen molar-refractivity contribution in [2.24, 2.45) is 0 Å². The van der Waals surface area contributed by atoms with Crippen LogP contribution in [-0.4, -0.2) is 17.2 Å². The van der Waals surface area contributed by atoms with E-state index in [2.05, 4.69) is 20.0 Å². The minimum atomic E-state index is -3.78. The molecule has 1 aromatic heterocycles. The molecule has 0 aliphatic carbocycles. The summed E-state index contributed by atoms with van der Waals surface area (Å²) in [4.78, 5) is 29.2. The highest BCUT2D eigenvalue weighted by Gasteiger charge is 2.35. The van der Waals surface area contributed by atoms with Crippen LogP contribution in [-0.2, 0) is 11.9 Å². The van der Waals surface area contributed by atoms with Crippen LogP contribution in [0.5, 0.6) is 0 Å². The molecule has 12 heteroatoms. The maximum absolute atomic E-state index is 13.9. The van der Waals surface area contributed by atoms with Crippen molar-refractivity contribution in [1.82, 2.24) is 10.1 Å². The van der Waals surface area contributed by atoms with E-state index in [-0.39, 0.29) is 29.4 Å². The first-order valence-electron chi connectivity index (χ1n) is 9.31. The number of hydrogen-bond donors (Lipinski definition) is 1. The Morgan fingerprint density at radius 3 is 2.39 bits per heavy atom. The summed E-state index contributed by atoms with van der Waals surface area (Å²) in [6.07, 6.45) is 0. The third-order valence-electron chi connectivity index (χ3n) is 4.76. The van der Waals surface area contributed by atoms with Gasteiger partial charge < -0.3 is 14.7 Å². The lowest BCUT2D eigenvalue weighted by atomic mass is 10.1. The van der Waals surface area contributed by atoms with Crippen molar-refractivity contribution in [2.45, 2.75) is 11.9 Å². The van der Waals surface area contributed by atoms with E-state index in [1.165, 1.54) is 4.90 Å². The van der Waals surface area contributed by atoms with E-state index in [4.69, 9.17) is 11.6 Å². The Labute approximate surface area is 187 Å². The molecule has 3 aromatic carbocycles. The Morgan fingerprint density at radius 2 is 1.79 bits per heavy atom. The summed E-state index contributed by atoms with van der Waals surface area (Å²) in [7, 11) is 1.56. The minimum Gasteiger partial charge on any atom is -0.365 e. The van der Waals surface area contributed by atoms with Crippen LogP contribution < -0.4 is 21.1 Å². The molecule has 33 heavy (non-hydrogen) atoms. The molecule has 0 fully saturated rings. The third kappa shape index (κ3) is 4.44. The molecule has 0 aliphatic rings. The molecule has 0 aliphatic heterocycles. The second-order valence-corrected chi connectivity index (χ2v) is 7.58. The molecule has 7 nitrogen and oxygen atoms in total. The highest BCUT2D eigenvalue weighted by Crippen LogP contribution is 2.32. The number of rotatable bonds is 7. The zero-order valence-electron chi connectivity index (χ0n) is 16.7. The number of anilines is 3. The Hall–Kier alpha value is -3.73.